The van der Waals surface area contributed by atoms with Crippen molar-refractivity contribution in [2.24, 2.45) is 23.7 Å². The van der Waals surface area contributed by atoms with E-state index in [1.807, 2.05) is 0 Å². The standard InChI is InChI=1S/C13H26O/c1-9(2)11-5-7-12(8-6-11)13(14)10(3)4/h9-14H,5-8H2,1-4H3. The molecule has 0 aliphatic heterocycles. The van der Waals surface area contributed by atoms with Gasteiger partial charge in [0.25, 0.3) is 0 Å². The van der Waals surface area contributed by atoms with Crippen LogP contribution in [-0.2, 0) is 0 Å². The second-order valence-corrected chi connectivity index (χ2v) is 5.65. The third-order valence-electron chi connectivity index (χ3n) is 3.93. The van der Waals surface area contributed by atoms with Gasteiger partial charge in [0.05, 0.1) is 6.10 Å². The molecule has 1 aliphatic carbocycles. The third kappa shape index (κ3) is 2.98. The van der Waals surface area contributed by atoms with Crippen LogP contribution in [0, 0.1) is 23.7 Å². The molecule has 0 aromatic heterocycles. The Labute approximate surface area is 88.9 Å². The molecule has 0 aromatic carbocycles. The van der Waals surface area contributed by atoms with Crippen LogP contribution in [0.1, 0.15) is 53.4 Å². The maximum absolute atomic E-state index is 9.98. The van der Waals surface area contributed by atoms with E-state index in [2.05, 4.69) is 27.7 Å². The molecule has 1 heteroatoms. The second kappa shape index (κ2) is 5.16. The number of hydrogen-bond donors (Lipinski definition) is 1. The Balaban J connectivity index is 2.35. The van der Waals surface area contributed by atoms with Crippen LogP contribution in [0.4, 0.5) is 0 Å². The average Bonchev–Trinajstić information content (AvgIpc) is 2.16. The van der Waals surface area contributed by atoms with Crippen molar-refractivity contribution in [1.29, 1.82) is 0 Å². The summed E-state index contributed by atoms with van der Waals surface area (Å²) in [5, 5.41) is 9.98. The second-order valence-electron chi connectivity index (χ2n) is 5.65. The fourth-order valence-electron chi connectivity index (χ4n) is 2.70. The summed E-state index contributed by atoms with van der Waals surface area (Å²) in [4.78, 5) is 0. The summed E-state index contributed by atoms with van der Waals surface area (Å²) in [6.07, 6.45) is 5.06. The fourth-order valence-corrected chi connectivity index (χ4v) is 2.70. The van der Waals surface area contributed by atoms with Crippen molar-refractivity contribution >= 4 is 0 Å². The van der Waals surface area contributed by atoms with Gasteiger partial charge >= 0.3 is 0 Å². The van der Waals surface area contributed by atoms with Gasteiger partial charge in [0, 0.05) is 0 Å². The Hall–Kier alpha value is -0.0400. The first-order valence-corrected chi connectivity index (χ1v) is 6.20. The van der Waals surface area contributed by atoms with Gasteiger partial charge in [-0.15, -0.1) is 0 Å². The zero-order valence-corrected chi connectivity index (χ0v) is 10.2. The summed E-state index contributed by atoms with van der Waals surface area (Å²) in [7, 11) is 0. The molecular formula is C13H26O. The van der Waals surface area contributed by atoms with Gasteiger partial charge in [-0.3, -0.25) is 0 Å². The summed E-state index contributed by atoms with van der Waals surface area (Å²) in [6.45, 7) is 8.89. The van der Waals surface area contributed by atoms with Crippen molar-refractivity contribution in [3.8, 4) is 0 Å². The van der Waals surface area contributed by atoms with Crippen LogP contribution < -0.4 is 0 Å². The summed E-state index contributed by atoms with van der Waals surface area (Å²) < 4.78 is 0. The Bertz CT molecular complexity index is 155. The molecule has 14 heavy (non-hydrogen) atoms. The molecule has 1 N–H and O–H groups in total. The highest BCUT2D eigenvalue weighted by Crippen LogP contribution is 2.36. The molecule has 1 unspecified atom stereocenters. The average molecular weight is 198 g/mol. The van der Waals surface area contributed by atoms with Crippen molar-refractivity contribution in [1.82, 2.24) is 0 Å². The van der Waals surface area contributed by atoms with Crippen molar-refractivity contribution in [3.63, 3.8) is 0 Å². The molecule has 0 aromatic rings. The van der Waals surface area contributed by atoms with E-state index in [-0.39, 0.29) is 6.10 Å². The van der Waals surface area contributed by atoms with Crippen molar-refractivity contribution in [3.05, 3.63) is 0 Å². The van der Waals surface area contributed by atoms with Gasteiger partial charge in [-0.05, 0) is 49.4 Å². The number of rotatable bonds is 3. The number of aliphatic hydroxyl groups is 1. The predicted molar refractivity (Wildman–Crippen MR) is 61.1 cm³/mol. The first-order valence-electron chi connectivity index (χ1n) is 6.20. The SMILES string of the molecule is CC(C)C1CCC(C(O)C(C)C)CC1. The van der Waals surface area contributed by atoms with E-state index >= 15 is 0 Å². The van der Waals surface area contributed by atoms with Gasteiger partial charge < -0.3 is 5.11 Å². The molecular weight excluding hydrogens is 172 g/mol. The van der Waals surface area contributed by atoms with Crippen molar-refractivity contribution in [2.75, 3.05) is 0 Å². The van der Waals surface area contributed by atoms with Crippen LogP contribution in [0.3, 0.4) is 0 Å². The smallest absolute Gasteiger partial charge is 0.0591 e. The van der Waals surface area contributed by atoms with Crippen LogP contribution in [0.25, 0.3) is 0 Å². The van der Waals surface area contributed by atoms with Gasteiger partial charge in [-0.2, -0.15) is 0 Å². The monoisotopic (exact) mass is 198 g/mol. The molecule has 0 bridgehead atoms. The van der Waals surface area contributed by atoms with Gasteiger partial charge in [0.1, 0.15) is 0 Å². The van der Waals surface area contributed by atoms with E-state index < -0.39 is 0 Å². The minimum absolute atomic E-state index is 0.0666. The van der Waals surface area contributed by atoms with Crippen LogP contribution in [0.5, 0.6) is 0 Å². The van der Waals surface area contributed by atoms with Crippen LogP contribution >= 0.6 is 0 Å². The molecule has 1 rings (SSSR count). The highest BCUT2D eigenvalue weighted by atomic mass is 16.3. The van der Waals surface area contributed by atoms with E-state index in [1.54, 1.807) is 0 Å². The van der Waals surface area contributed by atoms with E-state index in [9.17, 15) is 5.11 Å². The molecule has 1 nitrogen and oxygen atoms in total. The molecule has 1 aliphatic rings. The maximum atomic E-state index is 9.98. The summed E-state index contributed by atoms with van der Waals surface area (Å²) in [5.41, 5.74) is 0. The molecule has 84 valence electrons. The number of aliphatic hydroxyl groups excluding tert-OH is 1. The lowest BCUT2D eigenvalue weighted by atomic mass is 9.73. The fraction of sp³-hybridized carbons (Fsp3) is 1.00. The van der Waals surface area contributed by atoms with Gasteiger partial charge in [-0.1, -0.05) is 27.7 Å². The van der Waals surface area contributed by atoms with E-state index in [0.29, 0.717) is 11.8 Å². The van der Waals surface area contributed by atoms with Crippen LogP contribution in [-0.4, -0.2) is 11.2 Å². The zero-order chi connectivity index (χ0) is 10.7. The molecule has 0 amide bonds. The van der Waals surface area contributed by atoms with E-state index in [0.717, 1.165) is 11.8 Å². The molecule has 0 heterocycles. The minimum Gasteiger partial charge on any atom is -0.393 e. The Morgan fingerprint density at radius 2 is 1.29 bits per heavy atom. The lowest BCUT2D eigenvalue weighted by Gasteiger charge is -2.34. The van der Waals surface area contributed by atoms with Gasteiger partial charge in [-0.25, -0.2) is 0 Å². The Morgan fingerprint density at radius 3 is 1.64 bits per heavy atom. The molecule has 1 fully saturated rings. The largest absolute Gasteiger partial charge is 0.393 e. The quantitative estimate of drug-likeness (QED) is 0.736. The van der Waals surface area contributed by atoms with Crippen molar-refractivity contribution < 1.29 is 5.11 Å². The number of hydrogen-bond acceptors (Lipinski definition) is 1. The zero-order valence-electron chi connectivity index (χ0n) is 10.2. The summed E-state index contributed by atoms with van der Waals surface area (Å²) in [6, 6.07) is 0. The molecule has 0 radical (unpaired) electrons. The maximum Gasteiger partial charge on any atom is 0.0591 e. The lowest BCUT2D eigenvalue weighted by molar-refractivity contribution is 0.0336. The topological polar surface area (TPSA) is 20.2 Å². The molecule has 1 atom stereocenters. The lowest BCUT2D eigenvalue weighted by Crippen LogP contribution is -2.30. The van der Waals surface area contributed by atoms with E-state index in [1.165, 1.54) is 25.7 Å². The first kappa shape index (κ1) is 12.0. The molecule has 0 spiro atoms. The van der Waals surface area contributed by atoms with Crippen LogP contribution in [0.15, 0.2) is 0 Å². The molecule has 1 saturated carbocycles. The normalized spacial score (nSPS) is 31.1. The first-order chi connectivity index (χ1) is 6.52. The predicted octanol–water partition coefficient (Wildman–Crippen LogP) is 3.47. The summed E-state index contributed by atoms with van der Waals surface area (Å²) in [5.74, 6) is 2.73. The minimum atomic E-state index is -0.0666. The van der Waals surface area contributed by atoms with Crippen molar-refractivity contribution in [2.45, 2.75) is 59.5 Å². The van der Waals surface area contributed by atoms with Crippen LogP contribution in [0.2, 0.25) is 0 Å². The Kier molecular flexibility index (Phi) is 4.43. The highest BCUT2D eigenvalue weighted by Gasteiger charge is 2.28. The third-order valence-corrected chi connectivity index (χ3v) is 3.93. The van der Waals surface area contributed by atoms with E-state index in [4.69, 9.17) is 0 Å². The Morgan fingerprint density at radius 1 is 0.857 bits per heavy atom. The van der Waals surface area contributed by atoms with Gasteiger partial charge in [0.2, 0.25) is 0 Å². The highest BCUT2D eigenvalue weighted by molar-refractivity contribution is 4.79. The molecule has 0 saturated heterocycles. The van der Waals surface area contributed by atoms with Gasteiger partial charge in [0.15, 0.2) is 0 Å². The summed E-state index contributed by atoms with van der Waals surface area (Å²) >= 11 is 0.